The molecule has 3 unspecified atom stereocenters. The SMILES string of the molecule is CCOCCCC1CCC(C2OC2=O)C1. The third-order valence-corrected chi connectivity index (χ3v) is 3.53. The first-order chi connectivity index (χ1) is 7.31. The molecular formula is C12H20O3. The Morgan fingerprint density at radius 3 is 2.93 bits per heavy atom. The van der Waals surface area contributed by atoms with Crippen molar-refractivity contribution in [3.8, 4) is 0 Å². The van der Waals surface area contributed by atoms with E-state index in [-0.39, 0.29) is 12.1 Å². The lowest BCUT2D eigenvalue weighted by molar-refractivity contribution is -0.117. The Balaban J connectivity index is 1.58. The monoisotopic (exact) mass is 212 g/mol. The summed E-state index contributed by atoms with van der Waals surface area (Å²) in [5.74, 6) is 1.34. The second kappa shape index (κ2) is 4.97. The number of rotatable bonds is 6. The van der Waals surface area contributed by atoms with Crippen molar-refractivity contribution in [3.05, 3.63) is 0 Å². The fourth-order valence-electron chi connectivity index (χ4n) is 2.65. The Kier molecular flexibility index (Phi) is 3.62. The van der Waals surface area contributed by atoms with Crippen LogP contribution in [-0.4, -0.2) is 25.3 Å². The van der Waals surface area contributed by atoms with Gasteiger partial charge in [-0.3, -0.25) is 0 Å². The maximum Gasteiger partial charge on any atom is 0.348 e. The van der Waals surface area contributed by atoms with Crippen molar-refractivity contribution >= 4 is 5.97 Å². The third kappa shape index (κ3) is 2.94. The first-order valence-corrected chi connectivity index (χ1v) is 6.09. The summed E-state index contributed by atoms with van der Waals surface area (Å²) in [6, 6.07) is 0. The molecular weight excluding hydrogens is 192 g/mol. The van der Waals surface area contributed by atoms with Crippen LogP contribution in [0.2, 0.25) is 0 Å². The third-order valence-electron chi connectivity index (χ3n) is 3.53. The fourth-order valence-corrected chi connectivity index (χ4v) is 2.65. The highest BCUT2D eigenvalue weighted by molar-refractivity contribution is 5.87. The lowest BCUT2D eigenvalue weighted by Gasteiger charge is -2.08. The van der Waals surface area contributed by atoms with E-state index in [2.05, 4.69) is 0 Å². The molecule has 0 aromatic rings. The number of hydrogen-bond donors (Lipinski definition) is 0. The van der Waals surface area contributed by atoms with Crippen LogP contribution >= 0.6 is 0 Å². The van der Waals surface area contributed by atoms with E-state index in [0.717, 1.165) is 25.6 Å². The van der Waals surface area contributed by atoms with Gasteiger partial charge in [-0.15, -0.1) is 0 Å². The van der Waals surface area contributed by atoms with Crippen molar-refractivity contribution in [1.29, 1.82) is 0 Å². The van der Waals surface area contributed by atoms with Gasteiger partial charge in [0.1, 0.15) is 0 Å². The largest absolute Gasteiger partial charge is 0.447 e. The molecule has 1 aliphatic heterocycles. The van der Waals surface area contributed by atoms with E-state index in [1.165, 1.54) is 25.7 Å². The standard InChI is InChI=1S/C12H20O3/c1-2-14-7-3-4-9-5-6-10(8-9)11-12(13)15-11/h9-11H,2-8H2,1H3. The number of cyclic esters (lactones) is 1. The number of epoxide rings is 1. The van der Waals surface area contributed by atoms with Gasteiger partial charge in [0.05, 0.1) is 0 Å². The second-order valence-electron chi connectivity index (χ2n) is 4.64. The second-order valence-corrected chi connectivity index (χ2v) is 4.64. The molecule has 1 aliphatic carbocycles. The van der Waals surface area contributed by atoms with Crippen molar-refractivity contribution in [1.82, 2.24) is 0 Å². The molecule has 1 saturated heterocycles. The maximum atomic E-state index is 10.8. The fraction of sp³-hybridized carbons (Fsp3) is 0.917. The summed E-state index contributed by atoms with van der Waals surface area (Å²) < 4.78 is 10.2. The van der Waals surface area contributed by atoms with Crippen LogP contribution in [0.25, 0.3) is 0 Å². The van der Waals surface area contributed by atoms with E-state index in [0.29, 0.717) is 5.92 Å². The molecule has 0 bridgehead atoms. The zero-order valence-corrected chi connectivity index (χ0v) is 9.41. The zero-order chi connectivity index (χ0) is 10.7. The van der Waals surface area contributed by atoms with E-state index in [9.17, 15) is 4.79 Å². The minimum atomic E-state index is -0.0260. The molecule has 3 nitrogen and oxygen atoms in total. The van der Waals surface area contributed by atoms with Crippen molar-refractivity contribution in [2.75, 3.05) is 13.2 Å². The van der Waals surface area contributed by atoms with Gasteiger partial charge < -0.3 is 9.47 Å². The van der Waals surface area contributed by atoms with Gasteiger partial charge in [0, 0.05) is 19.1 Å². The quantitative estimate of drug-likeness (QED) is 0.500. The highest BCUT2D eigenvalue weighted by Gasteiger charge is 2.47. The molecule has 2 aliphatic rings. The van der Waals surface area contributed by atoms with Gasteiger partial charge in [-0.05, 0) is 38.5 Å². The number of ether oxygens (including phenoxy) is 2. The molecule has 2 rings (SSSR count). The average Bonchev–Trinajstić information content (AvgIpc) is 2.80. The van der Waals surface area contributed by atoms with Gasteiger partial charge in [-0.1, -0.05) is 6.42 Å². The molecule has 1 heterocycles. The van der Waals surface area contributed by atoms with E-state index >= 15 is 0 Å². The number of carbonyl (C=O) groups excluding carboxylic acids is 1. The van der Waals surface area contributed by atoms with Crippen LogP contribution in [0, 0.1) is 11.8 Å². The molecule has 0 N–H and O–H groups in total. The molecule has 3 heteroatoms. The van der Waals surface area contributed by atoms with Gasteiger partial charge in [-0.25, -0.2) is 4.79 Å². The van der Waals surface area contributed by atoms with Crippen molar-refractivity contribution < 1.29 is 14.3 Å². The van der Waals surface area contributed by atoms with E-state index in [1.807, 2.05) is 6.92 Å². The molecule has 0 aromatic heterocycles. The summed E-state index contributed by atoms with van der Waals surface area (Å²) in [6.45, 7) is 3.73. The zero-order valence-electron chi connectivity index (χ0n) is 9.41. The number of hydrogen-bond acceptors (Lipinski definition) is 3. The Bertz CT molecular complexity index is 227. The molecule has 3 atom stereocenters. The topological polar surface area (TPSA) is 38.8 Å². The predicted molar refractivity (Wildman–Crippen MR) is 56.4 cm³/mol. The minimum absolute atomic E-state index is 0.0231. The van der Waals surface area contributed by atoms with Gasteiger partial charge in [-0.2, -0.15) is 0 Å². The highest BCUT2D eigenvalue weighted by Crippen LogP contribution is 2.40. The van der Waals surface area contributed by atoms with Crippen molar-refractivity contribution in [3.63, 3.8) is 0 Å². The first kappa shape index (κ1) is 10.9. The van der Waals surface area contributed by atoms with Crippen LogP contribution in [0.4, 0.5) is 0 Å². The number of carbonyl (C=O) groups is 1. The van der Waals surface area contributed by atoms with Gasteiger partial charge >= 0.3 is 5.97 Å². The normalized spacial score (nSPS) is 34.2. The van der Waals surface area contributed by atoms with Crippen molar-refractivity contribution in [2.45, 2.75) is 45.1 Å². The summed E-state index contributed by atoms with van der Waals surface area (Å²) in [5.41, 5.74) is 0. The Hall–Kier alpha value is -0.570. The first-order valence-electron chi connectivity index (χ1n) is 6.09. The van der Waals surface area contributed by atoms with Crippen molar-refractivity contribution in [2.24, 2.45) is 11.8 Å². The van der Waals surface area contributed by atoms with Crippen LogP contribution in [0.1, 0.15) is 39.0 Å². The van der Waals surface area contributed by atoms with E-state index in [1.54, 1.807) is 0 Å². The molecule has 0 radical (unpaired) electrons. The molecule has 0 aromatic carbocycles. The summed E-state index contributed by atoms with van der Waals surface area (Å²) in [7, 11) is 0. The summed E-state index contributed by atoms with van der Waals surface area (Å²) >= 11 is 0. The summed E-state index contributed by atoms with van der Waals surface area (Å²) in [5, 5.41) is 0. The Labute approximate surface area is 91.1 Å². The molecule has 15 heavy (non-hydrogen) atoms. The van der Waals surface area contributed by atoms with Crippen LogP contribution in [0.15, 0.2) is 0 Å². The molecule has 1 saturated carbocycles. The van der Waals surface area contributed by atoms with Crippen LogP contribution in [0.3, 0.4) is 0 Å². The Morgan fingerprint density at radius 2 is 2.27 bits per heavy atom. The molecule has 2 fully saturated rings. The highest BCUT2D eigenvalue weighted by atomic mass is 16.6. The van der Waals surface area contributed by atoms with Crippen LogP contribution in [-0.2, 0) is 14.3 Å². The minimum Gasteiger partial charge on any atom is -0.447 e. The van der Waals surface area contributed by atoms with E-state index < -0.39 is 0 Å². The van der Waals surface area contributed by atoms with Gasteiger partial charge in [0.15, 0.2) is 0 Å². The van der Waals surface area contributed by atoms with Crippen LogP contribution in [0.5, 0.6) is 0 Å². The summed E-state index contributed by atoms with van der Waals surface area (Å²) in [4.78, 5) is 10.8. The Morgan fingerprint density at radius 1 is 1.47 bits per heavy atom. The molecule has 0 spiro atoms. The molecule has 86 valence electrons. The van der Waals surface area contributed by atoms with E-state index in [4.69, 9.17) is 9.47 Å². The lowest BCUT2D eigenvalue weighted by atomic mass is 9.98. The molecule has 0 amide bonds. The summed E-state index contributed by atoms with van der Waals surface area (Å²) in [6.07, 6.45) is 6.01. The van der Waals surface area contributed by atoms with Gasteiger partial charge in [0.2, 0.25) is 6.10 Å². The lowest BCUT2D eigenvalue weighted by Crippen LogP contribution is -2.05. The average molecular weight is 212 g/mol. The van der Waals surface area contributed by atoms with Gasteiger partial charge in [0.25, 0.3) is 0 Å². The predicted octanol–water partition coefficient (Wildman–Crippen LogP) is 2.14. The smallest absolute Gasteiger partial charge is 0.348 e. The van der Waals surface area contributed by atoms with Crippen LogP contribution < -0.4 is 0 Å². The maximum absolute atomic E-state index is 10.8.